The van der Waals surface area contributed by atoms with Crippen LogP contribution < -0.4 is 15.0 Å². The Bertz CT molecular complexity index is 911. The van der Waals surface area contributed by atoms with E-state index in [1.165, 1.54) is 0 Å². The van der Waals surface area contributed by atoms with Gasteiger partial charge in [0.05, 0.1) is 18.7 Å². The van der Waals surface area contributed by atoms with Gasteiger partial charge in [0, 0.05) is 39.2 Å². The zero-order chi connectivity index (χ0) is 21.0. The number of hydrogen-bond acceptors (Lipinski definition) is 4. The van der Waals surface area contributed by atoms with Crippen LogP contribution in [0.25, 0.3) is 0 Å². The maximum atomic E-state index is 12.9. The molecule has 0 spiro atoms. The Hall–Kier alpha value is -3.35. The molecule has 2 aromatic carbocycles. The number of carbonyl (C=O) groups is 3. The fourth-order valence-electron chi connectivity index (χ4n) is 3.53. The molecule has 1 fully saturated rings. The molecule has 152 valence electrons. The molecule has 0 radical (unpaired) electrons. The normalized spacial score (nSPS) is 15.9. The van der Waals surface area contributed by atoms with Crippen LogP contribution in [0, 0.1) is 5.92 Å². The first-order valence-corrected chi connectivity index (χ1v) is 9.44. The Balaban J connectivity index is 1.66. The van der Waals surface area contributed by atoms with Gasteiger partial charge in [-0.25, -0.2) is 0 Å². The summed E-state index contributed by atoms with van der Waals surface area (Å²) in [5, 5.41) is 2.58. The maximum Gasteiger partial charge on any atom is 0.251 e. The van der Waals surface area contributed by atoms with Crippen molar-refractivity contribution >= 4 is 23.4 Å². The summed E-state index contributed by atoms with van der Waals surface area (Å²) in [6.45, 7) is 0.740. The molecular weight excluding hydrogens is 370 g/mol. The third-order valence-electron chi connectivity index (χ3n) is 5.09. The van der Waals surface area contributed by atoms with Crippen molar-refractivity contribution in [2.75, 3.05) is 32.6 Å². The van der Waals surface area contributed by atoms with Crippen LogP contribution in [0.3, 0.4) is 0 Å². The van der Waals surface area contributed by atoms with E-state index in [1.807, 2.05) is 30.3 Å². The molecule has 1 heterocycles. The van der Waals surface area contributed by atoms with E-state index in [0.717, 1.165) is 5.56 Å². The lowest BCUT2D eigenvalue weighted by Crippen LogP contribution is -2.34. The average Bonchev–Trinajstić information content (AvgIpc) is 3.14. The standard InChI is InChI=1S/C22H25N3O4/c1-23-21(27)16-10-8-15(9-11-16)13-24(2)22(28)17-12-20(26)25(14-17)18-6-4-5-7-19(18)29-3/h4-11,17H,12-14H2,1-3H3,(H,23,27). The molecule has 2 aromatic rings. The summed E-state index contributed by atoms with van der Waals surface area (Å²) in [7, 11) is 4.87. The molecule has 1 aliphatic rings. The lowest BCUT2D eigenvalue weighted by atomic mass is 10.1. The molecule has 7 nitrogen and oxygen atoms in total. The van der Waals surface area contributed by atoms with Crippen LogP contribution >= 0.6 is 0 Å². The van der Waals surface area contributed by atoms with Gasteiger partial charge in [-0.2, -0.15) is 0 Å². The Morgan fingerprint density at radius 3 is 2.52 bits per heavy atom. The molecule has 0 bridgehead atoms. The van der Waals surface area contributed by atoms with Crippen LogP contribution in [0.5, 0.6) is 5.75 Å². The molecule has 0 saturated carbocycles. The summed E-state index contributed by atoms with van der Waals surface area (Å²) in [4.78, 5) is 40.3. The van der Waals surface area contributed by atoms with Crippen LogP contribution in [-0.4, -0.2) is 50.4 Å². The van der Waals surface area contributed by atoms with E-state index in [9.17, 15) is 14.4 Å². The Morgan fingerprint density at radius 2 is 1.86 bits per heavy atom. The molecule has 1 aliphatic heterocycles. The van der Waals surface area contributed by atoms with Crippen molar-refractivity contribution in [3.05, 3.63) is 59.7 Å². The SMILES string of the molecule is CNC(=O)c1ccc(CN(C)C(=O)C2CC(=O)N(c3ccccc3OC)C2)cc1. The zero-order valence-electron chi connectivity index (χ0n) is 16.8. The van der Waals surface area contributed by atoms with Gasteiger partial charge < -0.3 is 19.9 Å². The first kappa shape index (κ1) is 20.4. The lowest BCUT2D eigenvalue weighted by molar-refractivity contribution is -0.135. The number of benzene rings is 2. The molecule has 7 heteroatoms. The van der Waals surface area contributed by atoms with E-state index in [0.29, 0.717) is 30.1 Å². The monoisotopic (exact) mass is 395 g/mol. The smallest absolute Gasteiger partial charge is 0.251 e. The predicted molar refractivity (Wildman–Crippen MR) is 110 cm³/mol. The van der Waals surface area contributed by atoms with Crippen molar-refractivity contribution in [2.24, 2.45) is 5.92 Å². The summed E-state index contributed by atoms with van der Waals surface area (Å²) < 4.78 is 5.35. The van der Waals surface area contributed by atoms with E-state index in [2.05, 4.69) is 5.32 Å². The van der Waals surface area contributed by atoms with E-state index in [-0.39, 0.29) is 24.1 Å². The molecule has 0 aliphatic carbocycles. The number of rotatable bonds is 6. The molecule has 0 aromatic heterocycles. The van der Waals surface area contributed by atoms with Gasteiger partial charge in [0.2, 0.25) is 11.8 Å². The van der Waals surface area contributed by atoms with Gasteiger partial charge in [-0.15, -0.1) is 0 Å². The number of nitrogens with zero attached hydrogens (tertiary/aromatic N) is 2. The van der Waals surface area contributed by atoms with Crippen LogP contribution in [-0.2, 0) is 16.1 Å². The summed E-state index contributed by atoms with van der Waals surface area (Å²) in [6, 6.07) is 14.4. The molecular formula is C22H25N3O4. The third kappa shape index (κ3) is 4.39. The molecule has 3 amide bonds. The van der Waals surface area contributed by atoms with Gasteiger partial charge >= 0.3 is 0 Å². The number of nitrogens with one attached hydrogen (secondary N) is 1. The largest absolute Gasteiger partial charge is 0.495 e. The molecule has 1 unspecified atom stereocenters. The highest BCUT2D eigenvalue weighted by Gasteiger charge is 2.37. The number of hydrogen-bond donors (Lipinski definition) is 1. The van der Waals surface area contributed by atoms with Crippen molar-refractivity contribution in [1.29, 1.82) is 0 Å². The second-order valence-corrected chi connectivity index (χ2v) is 7.05. The fraction of sp³-hybridized carbons (Fsp3) is 0.318. The highest BCUT2D eigenvalue weighted by Crippen LogP contribution is 2.33. The van der Waals surface area contributed by atoms with E-state index in [1.54, 1.807) is 49.2 Å². The number of amides is 3. The van der Waals surface area contributed by atoms with Crippen LogP contribution in [0.4, 0.5) is 5.69 Å². The van der Waals surface area contributed by atoms with Crippen molar-refractivity contribution < 1.29 is 19.1 Å². The van der Waals surface area contributed by atoms with Crippen molar-refractivity contribution in [3.8, 4) is 5.75 Å². The minimum Gasteiger partial charge on any atom is -0.495 e. The minimum atomic E-state index is -0.400. The number of anilines is 1. The van der Waals surface area contributed by atoms with E-state index in [4.69, 9.17) is 4.74 Å². The van der Waals surface area contributed by atoms with Crippen LogP contribution in [0.15, 0.2) is 48.5 Å². The average molecular weight is 395 g/mol. The number of methoxy groups -OCH3 is 1. The molecule has 1 atom stereocenters. The van der Waals surface area contributed by atoms with Crippen molar-refractivity contribution in [3.63, 3.8) is 0 Å². The van der Waals surface area contributed by atoms with Gasteiger partial charge in [0.15, 0.2) is 0 Å². The highest BCUT2D eigenvalue weighted by atomic mass is 16.5. The number of ether oxygens (including phenoxy) is 1. The van der Waals surface area contributed by atoms with Gasteiger partial charge in [-0.3, -0.25) is 14.4 Å². The van der Waals surface area contributed by atoms with Crippen LogP contribution in [0.2, 0.25) is 0 Å². The molecule has 3 rings (SSSR count). The van der Waals surface area contributed by atoms with Gasteiger partial charge in [-0.05, 0) is 29.8 Å². The fourth-order valence-corrected chi connectivity index (χ4v) is 3.53. The topological polar surface area (TPSA) is 79.0 Å². The molecule has 29 heavy (non-hydrogen) atoms. The summed E-state index contributed by atoms with van der Waals surface area (Å²) in [5.74, 6) is -0.106. The Morgan fingerprint density at radius 1 is 1.17 bits per heavy atom. The zero-order valence-corrected chi connectivity index (χ0v) is 16.8. The first-order chi connectivity index (χ1) is 13.9. The molecule has 1 N–H and O–H groups in total. The Labute approximate surface area is 170 Å². The van der Waals surface area contributed by atoms with E-state index < -0.39 is 5.92 Å². The van der Waals surface area contributed by atoms with Crippen LogP contribution in [0.1, 0.15) is 22.3 Å². The minimum absolute atomic E-state index is 0.0777. The predicted octanol–water partition coefficient (Wildman–Crippen LogP) is 2.07. The second-order valence-electron chi connectivity index (χ2n) is 7.05. The van der Waals surface area contributed by atoms with Gasteiger partial charge in [0.1, 0.15) is 5.75 Å². The quantitative estimate of drug-likeness (QED) is 0.812. The number of carbonyl (C=O) groups excluding carboxylic acids is 3. The van der Waals surface area contributed by atoms with E-state index >= 15 is 0 Å². The first-order valence-electron chi connectivity index (χ1n) is 9.44. The lowest BCUT2D eigenvalue weighted by Gasteiger charge is -2.22. The number of para-hydroxylation sites is 2. The summed E-state index contributed by atoms with van der Waals surface area (Å²) in [5.41, 5.74) is 2.17. The summed E-state index contributed by atoms with van der Waals surface area (Å²) >= 11 is 0. The summed E-state index contributed by atoms with van der Waals surface area (Å²) in [6.07, 6.45) is 0.177. The highest BCUT2D eigenvalue weighted by molar-refractivity contribution is 6.01. The van der Waals surface area contributed by atoms with Gasteiger partial charge in [0.25, 0.3) is 5.91 Å². The van der Waals surface area contributed by atoms with Crippen molar-refractivity contribution in [2.45, 2.75) is 13.0 Å². The second kappa shape index (κ2) is 8.77. The van der Waals surface area contributed by atoms with Gasteiger partial charge in [-0.1, -0.05) is 24.3 Å². The Kier molecular flexibility index (Phi) is 6.16. The van der Waals surface area contributed by atoms with Crippen molar-refractivity contribution in [1.82, 2.24) is 10.2 Å². The maximum absolute atomic E-state index is 12.9. The molecule has 1 saturated heterocycles. The third-order valence-corrected chi connectivity index (χ3v) is 5.09.